The monoisotopic (exact) mass is 334 g/mol. The molecule has 0 aromatic heterocycles. The summed E-state index contributed by atoms with van der Waals surface area (Å²) in [7, 11) is -2.18. The SMILES string of the molecule is COc1cccc(CS(=O)(=O)Oc2cc(C)cc(C(C)C)c2)c1. The lowest BCUT2D eigenvalue weighted by atomic mass is 10.0. The highest BCUT2D eigenvalue weighted by Gasteiger charge is 2.16. The topological polar surface area (TPSA) is 52.6 Å². The van der Waals surface area contributed by atoms with E-state index in [1.54, 1.807) is 43.5 Å². The second kappa shape index (κ2) is 7.04. The maximum absolute atomic E-state index is 12.3. The first-order chi connectivity index (χ1) is 10.8. The lowest BCUT2D eigenvalue weighted by molar-refractivity contribution is 0.414. The smallest absolute Gasteiger partial charge is 0.313 e. The summed E-state index contributed by atoms with van der Waals surface area (Å²) in [6.45, 7) is 6.04. The molecule has 0 fully saturated rings. The van der Waals surface area contributed by atoms with Gasteiger partial charge >= 0.3 is 10.1 Å². The molecule has 2 aromatic carbocycles. The number of ether oxygens (including phenoxy) is 1. The predicted octanol–water partition coefficient (Wildman–Crippen LogP) is 4.04. The molecule has 2 rings (SSSR count). The van der Waals surface area contributed by atoms with Crippen molar-refractivity contribution in [1.29, 1.82) is 0 Å². The average Bonchev–Trinajstić information content (AvgIpc) is 2.45. The van der Waals surface area contributed by atoms with Gasteiger partial charge in [0.05, 0.1) is 7.11 Å². The van der Waals surface area contributed by atoms with E-state index in [0.29, 0.717) is 23.0 Å². The highest BCUT2D eigenvalue weighted by Crippen LogP contribution is 2.25. The molecule has 0 aliphatic carbocycles. The lowest BCUT2D eigenvalue weighted by Gasteiger charge is -2.12. The first-order valence-electron chi connectivity index (χ1n) is 7.46. The van der Waals surface area contributed by atoms with Gasteiger partial charge in [0.25, 0.3) is 0 Å². The van der Waals surface area contributed by atoms with Gasteiger partial charge in [-0.2, -0.15) is 8.42 Å². The minimum Gasteiger partial charge on any atom is -0.497 e. The molecule has 0 spiro atoms. The normalized spacial score (nSPS) is 11.5. The molecule has 0 saturated carbocycles. The first kappa shape index (κ1) is 17.3. The van der Waals surface area contributed by atoms with Crippen molar-refractivity contribution in [3.05, 3.63) is 59.2 Å². The summed E-state index contributed by atoms with van der Waals surface area (Å²) in [6, 6.07) is 12.5. The van der Waals surface area contributed by atoms with Crippen LogP contribution in [0.25, 0.3) is 0 Å². The van der Waals surface area contributed by atoms with Gasteiger partial charge < -0.3 is 8.92 Å². The minimum absolute atomic E-state index is 0.199. The van der Waals surface area contributed by atoms with Crippen LogP contribution in [-0.4, -0.2) is 15.5 Å². The zero-order valence-corrected chi connectivity index (χ0v) is 14.7. The zero-order chi connectivity index (χ0) is 17.0. The molecule has 23 heavy (non-hydrogen) atoms. The van der Waals surface area contributed by atoms with E-state index in [0.717, 1.165) is 11.1 Å². The van der Waals surface area contributed by atoms with Gasteiger partial charge in [-0.25, -0.2) is 0 Å². The molecule has 0 bridgehead atoms. The standard InChI is InChI=1S/C18H22O4S/c1-13(2)16-8-14(3)9-18(11-16)22-23(19,20)12-15-6-5-7-17(10-15)21-4/h5-11,13H,12H2,1-4H3. The Morgan fingerprint density at radius 2 is 1.78 bits per heavy atom. The molecule has 0 unspecified atom stereocenters. The summed E-state index contributed by atoms with van der Waals surface area (Å²) in [6.07, 6.45) is 0. The predicted molar refractivity (Wildman–Crippen MR) is 91.5 cm³/mol. The van der Waals surface area contributed by atoms with Gasteiger partial charge in [0.2, 0.25) is 0 Å². The Labute approximate surface area is 138 Å². The number of hydrogen-bond donors (Lipinski definition) is 0. The van der Waals surface area contributed by atoms with Crippen LogP contribution >= 0.6 is 0 Å². The Hall–Kier alpha value is -2.01. The Kier molecular flexibility index (Phi) is 5.31. The molecule has 4 nitrogen and oxygen atoms in total. The molecule has 0 aliphatic rings. The Balaban J connectivity index is 2.21. The third-order valence-electron chi connectivity index (χ3n) is 3.44. The van der Waals surface area contributed by atoms with Crippen molar-refractivity contribution in [3.63, 3.8) is 0 Å². The van der Waals surface area contributed by atoms with Crippen molar-refractivity contribution < 1.29 is 17.3 Å². The van der Waals surface area contributed by atoms with Crippen molar-refractivity contribution in [2.45, 2.75) is 32.4 Å². The van der Waals surface area contributed by atoms with E-state index in [1.807, 2.05) is 13.0 Å². The summed E-state index contributed by atoms with van der Waals surface area (Å²) in [5.41, 5.74) is 2.65. The maximum atomic E-state index is 12.3. The van der Waals surface area contributed by atoms with Gasteiger partial charge in [-0.1, -0.05) is 32.0 Å². The van der Waals surface area contributed by atoms with Crippen LogP contribution in [0.1, 0.15) is 36.5 Å². The van der Waals surface area contributed by atoms with E-state index in [2.05, 4.69) is 13.8 Å². The number of benzene rings is 2. The van der Waals surface area contributed by atoms with Gasteiger partial charge in [0, 0.05) is 0 Å². The van der Waals surface area contributed by atoms with Gasteiger partial charge in [-0.3, -0.25) is 0 Å². The van der Waals surface area contributed by atoms with Crippen LogP contribution in [0.3, 0.4) is 0 Å². The molecule has 0 radical (unpaired) electrons. The van der Waals surface area contributed by atoms with E-state index in [9.17, 15) is 8.42 Å². The number of hydrogen-bond acceptors (Lipinski definition) is 4. The van der Waals surface area contributed by atoms with Gasteiger partial charge in [0.15, 0.2) is 0 Å². The van der Waals surface area contributed by atoms with Crippen molar-refractivity contribution in [1.82, 2.24) is 0 Å². The summed E-state index contributed by atoms with van der Waals surface area (Å²) < 4.78 is 35.0. The molecule has 0 atom stereocenters. The van der Waals surface area contributed by atoms with Crippen molar-refractivity contribution >= 4 is 10.1 Å². The second-order valence-electron chi connectivity index (χ2n) is 5.87. The van der Waals surface area contributed by atoms with Crippen LogP contribution in [0.4, 0.5) is 0 Å². The number of methoxy groups -OCH3 is 1. The van der Waals surface area contributed by atoms with Crippen LogP contribution < -0.4 is 8.92 Å². The van der Waals surface area contributed by atoms with E-state index >= 15 is 0 Å². The lowest BCUT2D eigenvalue weighted by Crippen LogP contribution is -2.12. The fourth-order valence-electron chi connectivity index (χ4n) is 2.30. The zero-order valence-electron chi connectivity index (χ0n) is 13.9. The molecule has 0 amide bonds. The molecule has 0 heterocycles. The van der Waals surface area contributed by atoms with Crippen molar-refractivity contribution in [2.24, 2.45) is 0 Å². The molecular formula is C18H22O4S. The summed E-state index contributed by atoms with van der Waals surface area (Å²) >= 11 is 0. The average molecular weight is 334 g/mol. The molecule has 0 saturated heterocycles. The highest BCUT2D eigenvalue weighted by atomic mass is 32.2. The van der Waals surface area contributed by atoms with E-state index in [1.165, 1.54) is 0 Å². The third kappa shape index (κ3) is 4.99. The first-order valence-corrected chi connectivity index (χ1v) is 9.03. The van der Waals surface area contributed by atoms with Gasteiger partial charge in [-0.05, 0) is 53.8 Å². The molecule has 124 valence electrons. The molecule has 5 heteroatoms. The van der Waals surface area contributed by atoms with E-state index in [-0.39, 0.29) is 5.75 Å². The van der Waals surface area contributed by atoms with E-state index in [4.69, 9.17) is 8.92 Å². The second-order valence-corrected chi connectivity index (χ2v) is 7.44. The molecule has 2 aromatic rings. The summed E-state index contributed by atoms with van der Waals surface area (Å²) in [5, 5.41) is 0. The Morgan fingerprint density at radius 1 is 1.04 bits per heavy atom. The number of rotatable bonds is 6. The molecule has 0 aliphatic heterocycles. The summed E-state index contributed by atoms with van der Waals surface area (Å²) in [4.78, 5) is 0. The van der Waals surface area contributed by atoms with Crippen LogP contribution in [0.5, 0.6) is 11.5 Å². The van der Waals surface area contributed by atoms with Crippen molar-refractivity contribution in [3.8, 4) is 11.5 Å². The minimum atomic E-state index is -3.73. The van der Waals surface area contributed by atoms with Crippen LogP contribution in [0, 0.1) is 6.92 Å². The molecular weight excluding hydrogens is 312 g/mol. The summed E-state index contributed by atoms with van der Waals surface area (Å²) in [5.74, 6) is 1.08. The Bertz CT molecular complexity index is 779. The maximum Gasteiger partial charge on any atom is 0.313 e. The fourth-order valence-corrected chi connectivity index (χ4v) is 3.34. The third-order valence-corrected chi connectivity index (χ3v) is 4.57. The number of aryl methyl sites for hydroxylation is 1. The largest absolute Gasteiger partial charge is 0.497 e. The Morgan fingerprint density at radius 3 is 2.43 bits per heavy atom. The van der Waals surface area contributed by atoms with Crippen LogP contribution in [-0.2, 0) is 15.9 Å². The molecule has 0 N–H and O–H groups in total. The van der Waals surface area contributed by atoms with Gasteiger partial charge in [-0.15, -0.1) is 0 Å². The van der Waals surface area contributed by atoms with Crippen LogP contribution in [0.15, 0.2) is 42.5 Å². The van der Waals surface area contributed by atoms with Crippen molar-refractivity contribution in [2.75, 3.05) is 7.11 Å². The fraction of sp³-hybridized carbons (Fsp3) is 0.333. The van der Waals surface area contributed by atoms with Gasteiger partial charge in [0.1, 0.15) is 17.3 Å². The van der Waals surface area contributed by atoms with Crippen LogP contribution in [0.2, 0.25) is 0 Å². The quantitative estimate of drug-likeness (QED) is 0.748. The highest BCUT2D eigenvalue weighted by molar-refractivity contribution is 7.86. The van der Waals surface area contributed by atoms with E-state index < -0.39 is 10.1 Å².